The number of benzene rings is 1. The van der Waals surface area contributed by atoms with E-state index in [4.69, 9.17) is 0 Å². The summed E-state index contributed by atoms with van der Waals surface area (Å²) in [6, 6.07) is 9.67. The number of nitrogens with zero attached hydrogens (tertiary/aromatic N) is 3. The second-order valence-corrected chi connectivity index (χ2v) is 8.19. The molecule has 0 radical (unpaired) electrons. The van der Waals surface area contributed by atoms with E-state index in [1.165, 1.54) is 29.7 Å². The second-order valence-electron chi connectivity index (χ2n) is 7.33. The number of H-pyrrole nitrogens is 1. The summed E-state index contributed by atoms with van der Waals surface area (Å²) in [7, 11) is 0. The van der Waals surface area contributed by atoms with Crippen molar-refractivity contribution < 1.29 is 14.0 Å². The highest BCUT2D eigenvalue weighted by Crippen LogP contribution is 2.21. The van der Waals surface area contributed by atoms with Crippen LogP contribution in [0.3, 0.4) is 0 Å². The third-order valence-electron chi connectivity index (χ3n) is 5.26. The number of hydrogen-bond acceptors (Lipinski definition) is 6. The Kier molecular flexibility index (Phi) is 6.60. The molecule has 1 aliphatic rings. The number of amides is 2. The number of aryl methyl sites for hydroxylation is 1. The molecule has 166 valence electrons. The fourth-order valence-corrected chi connectivity index (χ4v) is 4.28. The molecule has 4 rings (SSSR count). The van der Waals surface area contributed by atoms with Crippen molar-refractivity contribution in [1.82, 2.24) is 14.9 Å². The van der Waals surface area contributed by atoms with Gasteiger partial charge in [-0.25, -0.2) is 9.37 Å². The van der Waals surface area contributed by atoms with E-state index in [2.05, 4.69) is 15.3 Å². The summed E-state index contributed by atoms with van der Waals surface area (Å²) < 4.78 is 14.0. The van der Waals surface area contributed by atoms with Crippen molar-refractivity contribution in [2.24, 2.45) is 0 Å². The Morgan fingerprint density at radius 1 is 1.12 bits per heavy atom. The van der Waals surface area contributed by atoms with E-state index in [1.807, 2.05) is 4.90 Å². The van der Waals surface area contributed by atoms with Gasteiger partial charge in [-0.05, 0) is 30.7 Å². The van der Waals surface area contributed by atoms with E-state index in [0.29, 0.717) is 55.5 Å². The fraction of sp³-hybridized carbons (Fsp3) is 0.273. The molecule has 0 atom stereocenters. The second kappa shape index (κ2) is 9.73. The minimum absolute atomic E-state index is 0.00829. The van der Waals surface area contributed by atoms with Crippen LogP contribution in [0, 0.1) is 5.82 Å². The van der Waals surface area contributed by atoms with Crippen molar-refractivity contribution in [2.45, 2.75) is 12.8 Å². The quantitative estimate of drug-likeness (QED) is 0.595. The molecule has 2 aromatic heterocycles. The van der Waals surface area contributed by atoms with Crippen molar-refractivity contribution >= 4 is 34.0 Å². The van der Waals surface area contributed by atoms with Crippen LogP contribution in [0.5, 0.6) is 0 Å². The number of para-hydroxylation sites is 1. The molecule has 1 aliphatic heterocycles. The molecule has 2 N–H and O–H groups in total. The Balaban J connectivity index is 1.26. The van der Waals surface area contributed by atoms with Gasteiger partial charge in [0.05, 0.1) is 11.4 Å². The van der Waals surface area contributed by atoms with Crippen LogP contribution in [0.4, 0.5) is 15.2 Å². The van der Waals surface area contributed by atoms with Crippen LogP contribution >= 0.6 is 11.3 Å². The molecule has 8 nitrogen and oxygen atoms in total. The van der Waals surface area contributed by atoms with E-state index in [9.17, 15) is 18.8 Å². The van der Waals surface area contributed by atoms with Crippen LogP contribution in [0.15, 0.2) is 52.8 Å². The molecule has 0 bridgehead atoms. The lowest BCUT2D eigenvalue weighted by Gasteiger charge is -2.36. The summed E-state index contributed by atoms with van der Waals surface area (Å²) in [5.74, 6) is -0.764. The number of anilines is 2. The van der Waals surface area contributed by atoms with Crippen molar-refractivity contribution in [3.05, 3.63) is 75.4 Å². The van der Waals surface area contributed by atoms with Gasteiger partial charge in [0.2, 0.25) is 5.91 Å². The molecule has 0 spiro atoms. The predicted molar refractivity (Wildman–Crippen MR) is 121 cm³/mol. The summed E-state index contributed by atoms with van der Waals surface area (Å²) in [6.07, 6.45) is 2.21. The first-order valence-electron chi connectivity index (χ1n) is 10.2. The van der Waals surface area contributed by atoms with E-state index >= 15 is 0 Å². The molecular weight excluding hydrogens is 433 g/mol. The summed E-state index contributed by atoms with van der Waals surface area (Å²) in [6.45, 7) is 2.24. The van der Waals surface area contributed by atoms with Gasteiger partial charge in [-0.3, -0.25) is 19.7 Å². The summed E-state index contributed by atoms with van der Waals surface area (Å²) in [5, 5.41) is 4.77. The topological polar surface area (TPSA) is 98.4 Å². The van der Waals surface area contributed by atoms with Gasteiger partial charge in [0, 0.05) is 44.2 Å². The van der Waals surface area contributed by atoms with Crippen molar-refractivity contribution in [3.63, 3.8) is 0 Å². The van der Waals surface area contributed by atoms with E-state index in [1.54, 1.807) is 34.5 Å². The summed E-state index contributed by atoms with van der Waals surface area (Å²) in [4.78, 5) is 47.0. The maximum absolute atomic E-state index is 14.0. The maximum Gasteiger partial charge on any atom is 0.263 e. The first-order valence-corrected chi connectivity index (χ1v) is 11.1. The number of rotatable bonds is 6. The Bertz CT molecular complexity index is 1170. The molecule has 1 saturated heterocycles. The highest BCUT2D eigenvalue weighted by molar-refractivity contribution is 7.14. The monoisotopic (exact) mass is 455 g/mol. The zero-order valence-electron chi connectivity index (χ0n) is 17.2. The van der Waals surface area contributed by atoms with Gasteiger partial charge in [-0.15, -0.1) is 11.3 Å². The molecule has 3 heterocycles. The number of pyridine rings is 1. The van der Waals surface area contributed by atoms with Crippen molar-refractivity contribution in [2.75, 3.05) is 36.4 Å². The molecule has 32 heavy (non-hydrogen) atoms. The number of halogens is 1. The third-order valence-corrected chi connectivity index (χ3v) is 6.06. The number of carbonyl (C=O) groups is 2. The first-order chi connectivity index (χ1) is 15.5. The van der Waals surface area contributed by atoms with Gasteiger partial charge < -0.3 is 14.8 Å². The number of piperazine rings is 1. The van der Waals surface area contributed by atoms with Crippen LogP contribution < -0.4 is 15.8 Å². The van der Waals surface area contributed by atoms with Crippen LogP contribution in [-0.4, -0.2) is 52.9 Å². The smallest absolute Gasteiger partial charge is 0.263 e. The first kappa shape index (κ1) is 21.7. The number of aromatic amines is 1. The molecule has 1 fully saturated rings. The molecule has 3 aromatic rings. The minimum atomic E-state index is -0.531. The van der Waals surface area contributed by atoms with E-state index in [0.717, 1.165) is 0 Å². The molecule has 0 unspecified atom stereocenters. The number of aromatic nitrogens is 2. The van der Waals surface area contributed by atoms with Crippen LogP contribution in [-0.2, 0) is 11.2 Å². The summed E-state index contributed by atoms with van der Waals surface area (Å²) >= 11 is 1.24. The van der Waals surface area contributed by atoms with Gasteiger partial charge in [0.15, 0.2) is 5.13 Å². The van der Waals surface area contributed by atoms with Crippen molar-refractivity contribution in [1.29, 1.82) is 0 Å². The number of carbonyl (C=O) groups excluding carboxylic acids is 2. The number of nitrogens with one attached hydrogen (secondary N) is 2. The van der Waals surface area contributed by atoms with Crippen LogP contribution in [0.1, 0.15) is 22.5 Å². The predicted octanol–water partition coefficient (Wildman–Crippen LogP) is 2.50. The minimum Gasteiger partial charge on any atom is -0.366 e. The summed E-state index contributed by atoms with van der Waals surface area (Å²) in [5.41, 5.74) is 0.802. The van der Waals surface area contributed by atoms with Gasteiger partial charge in [-0.1, -0.05) is 12.1 Å². The van der Waals surface area contributed by atoms with E-state index < -0.39 is 11.5 Å². The van der Waals surface area contributed by atoms with E-state index in [-0.39, 0.29) is 17.3 Å². The molecule has 10 heteroatoms. The third kappa shape index (κ3) is 5.02. The molecule has 0 aliphatic carbocycles. The normalized spacial score (nSPS) is 13.8. The lowest BCUT2D eigenvalue weighted by molar-refractivity contribution is -0.131. The van der Waals surface area contributed by atoms with Crippen LogP contribution in [0.2, 0.25) is 0 Å². The van der Waals surface area contributed by atoms with Crippen LogP contribution in [0.25, 0.3) is 0 Å². The fourth-order valence-electron chi connectivity index (χ4n) is 3.54. The Morgan fingerprint density at radius 3 is 2.66 bits per heavy atom. The average Bonchev–Trinajstić information content (AvgIpc) is 3.25. The SMILES string of the molecule is O=C(Nc1nc(CCC(=O)N2CCN(c3ccccc3F)CC2)cs1)c1ccc[nH]c1=O. The largest absolute Gasteiger partial charge is 0.366 e. The Labute approximate surface area is 187 Å². The molecular formula is C22H22FN5O3S. The highest BCUT2D eigenvalue weighted by atomic mass is 32.1. The highest BCUT2D eigenvalue weighted by Gasteiger charge is 2.22. The lowest BCUT2D eigenvalue weighted by atomic mass is 10.2. The molecule has 1 aromatic carbocycles. The Hall–Kier alpha value is -3.53. The zero-order chi connectivity index (χ0) is 22.5. The number of thiazole rings is 1. The lowest BCUT2D eigenvalue weighted by Crippen LogP contribution is -2.49. The molecule has 2 amide bonds. The van der Waals surface area contributed by atoms with Gasteiger partial charge in [0.1, 0.15) is 11.4 Å². The van der Waals surface area contributed by atoms with Crippen molar-refractivity contribution in [3.8, 4) is 0 Å². The Morgan fingerprint density at radius 2 is 1.91 bits per heavy atom. The van der Waals surface area contributed by atoms with Gasteiger partial charge in [-0.2, -0.15) is 0 Å². The number of hydrogen-bond donors (Lipinski definition) is 2. The standard InChI is InChI=1S/C22H22FN5O3S/c23-17-5-1-2-6-18(17)27-10-12-28(13-11-27)19(29)8-7-15-14-32-22(25-15)26-21(31)16-4-3-9-24-20(16)30/h1-6,9,14H,7-8,10-13H2,(H,24,30)(H,25,26,31). The van der Waals surface area contributed by atoms with Gasteiger partial charge in [0.25, 0.3) is 11.5 Å². The van der Waals surface area contributed by atoms with Gasteiger partial charge >= 0.3 is 0 Å². The zero-order valence-corrected chi connectivity index (χ0v) is 18.0. The molecule has 0 saturated carbocycles. The average molecular weight is 456 g/mol. The maximum atomic E-state index is 14.0.